The maximum absolute atomic E-state index is 5.89. The minimum absolute atomic E-state index is 0.770. The SMILES string of the molecule is CN=C(NCCCCNc1ccccn1)NCCc1ccc(Cl)cc1. The third-order valence-electron chi connectivity index (χ3n) is 3.71. The largest absolute Gasteiger partial charge is 0.370 e. The summed E-state index contributed by atoms with van der Waals surface area (Å²) in [6.45, 7) is 2.65. The van der Waals surface area contributed by atoms with Gasteiger partial charge in [-0.15, -0.1) is 0 Å². The lowest BCUT2D eigenvalue weighted by molar-refractivity contribution is 0.710. The number of aliphatic imine (C=N–C) groups is 1. The summed E-state index contributed by atoms with van der Waals surface area (Å²) < 4.78 is 0. The fraction of sp³-hybridized carbons (Fsp3) is 0.368. The second kappa shape index (κ2) is 11.3. The lowest BCUT2D eigenvalue weighted by Crippen LogP contribution is -2.38. The molecular formula is C19H26ClN5. The van der Waals surface area contributed by atoms with Gasteiger partial charge in [0.15, 0.2) is 5.96 Å². The summed E-state index contributed by atoms with van der Waals surface area (Å²) in [5, 5.41) is 10.7. The van der Waals surface area contributed by atoms with Gasteiger partial charge >= 0.3 is 0 Å². The van der Waals surface area contributed by atoms with Crippen LogP contribution >= 0.6 is 11.6 Å². The predicted octanol–water partition coefficient (Wildman–Crippen LogP) is 3.33. The highest BCUT2D eigenvalue weighted by Gasteiger charge is 1.98. The maximum Gasteiger partial charge on any atom is 0.190 e. The first kappa shape index (κ1) is 19.1. The monoisotopic (exact) mass is 359 g/mol. The molecule has 0 radical (unpaired) electrons. The molecule has 134 valence electrons. The number of hydrogen-bond donors (Lipinski definition) is 3. The van der Waals surface area contributed by atoms with Gasteiger partial charge in [-0.2, -0.15) is 0 Å². The highest BCUT2D eigenvalue weighted by molar-refractivity contribution is 6.30. The van der Waals surface area contributed by atoms with Gasteiger partial charge in [0.1, 0.15) is 5.82 Å². The molecular weight excluding hydrogens is 334 g/mol. The first-order valence-electron chi connectivity index (χ1n) is 8.62. The van der Waals surface area contributed by atoms with Crippen molar-refractivity contribution in [3.63, 3.8) is 0 Å². The topological polar surface area (TPSA) is 61.3 Å². The Morgan fingerprint density at radius 1 is 1.00 bits per heavy atom. The summed E-state index contributed by atoms with van der Waals surface area (Å²) in [4.78, 5) is 8.48. The molecule has 0 atom stereocenters. The molecule has 6 heteroatoms. The molecule has 2 rings (SSSR count). The van der Waals surface area contributed by atoms with Crippen molar-refractivity contribution in [2.45, 2.75) is 19.3 Å². The van der Waals surface area contributed by atoms with Crippen LogP contribution in [-0.2, 0) is 6.42 Å². The fourth-order valence-corrected chi connectivity index (χ4v) is 2.46. The van der Waals surface area contributed by atoms with Crippen LogP contribution in [0.1, 0.15) is 18.4 Å². The lowest BCUT2D eigenvalue weighted by Gasteiger charge is -2.12. The minimum Gasteiger partial charge on any atom is -0.370 e. The van der Waals surface area contributed by atoms with Crippen LogP contribution in [0.15, 0.2) is 53.7 Å². The van der Waals surface area contributed by atoms with Gasteiger partial charge in [-0.1, -0.05) is 29.8 Å². The summed E-state index contributed by atoms with van der Waals surface area (Å²) in [6.07, 6.45) is 4.87. The van der Waals surface area contributed by atoms with E-state index in [1.54, 1.807) is 13.2 Å². The van der Waals surface area contributed by atoms with Gasteiger partial charge in [0.05, 0.1) is 0 Å². The number of benzene rings is 1. The Morgan fingerprint density at radius 2 is 1.76 bits per heavy atom. The molecule has 0 aliphatic rings. The normalized spacial score (nSPS) is 11.2. The summed E-state index contributed by atoms with van der Waals surface area (Å²) >= 11 is 5.89. The van der Waals surface area contributed by atoms with E-state index in [0.717, 1.165) is 55.7 Å². The zero-order valence-electron chi connectivity index (χ0n) is 14.6. The Bertz CT molecular complexity index is 628. The second-order valence-corrected chi connectivity index (χ2v) is 6.09. The number of halogens is 1. The van der Waals surface area contributed by atoms with Gasteiger partial charge in [0, 0.05) is 37.9 Å². The van der Waals surface area contributed by atoms with E-state index >= 15 is 0 Å². The van der Waals surface area contributed by atoms with E-state index in [2.05, 4.69) is 38.1 Å². The van der Waals surface area contributed by atoms with Crippen molar-refractivity contribution in [2.24, 2.45) is 4.99 Å². The molecule has 0 aliphatic carbocycles. The Morgan fingerprint density at radius 3 is 2.48 bits per heavy atom. The Kier molecular flexibility index (Phi) is 8.63. The van der Waals surface area contributed by atoms with Crippen molar-refractivity contribution in [3.8, 4) is 0 Å². The van der Waals surface area contributed by atoms with E-state index in [1.165, 1.54) is 5.56 Å². The van der Waals surface area contributed by atoms with Gasteiger partial charge < -0.3 is 16.0 Å². The van der Waals surface area contributed by atoms with Gasteiger partial charge in [0.2, 0.25) is 0 Å². The van der Waals surface area contributed by atoms with Crippen LogP contribution in [0.25, 0.3) is 0 Å². The first-order chi connectivity index (χ1) is 12.3. The third-order valence-corrected chi connectivity index (χ3v) is 3.96. The molecule has 0 amide bonds. The first-order valence-corrected chi connectivity index (χ1v) is 8.99. The van der Waals surface area contributed by atoms with Crippen LogP contribution in [0.4, 0.5) is 5.82 Å². The summed E-state index contributed by atoms with van der Waals surface area (Å²) in [5.41, 5.74) is 1.26. The third kappa shape index (κ3) is 7.90. The Hall–Kier alpha value is -2.27. The summed E-state index contributed by atoms with van der Waals surface area (Å²) in [5.74, 6) is 1.77. The average molecular weight is 360 g/mol. The van der Waals surface area contributed by atoms with E-state index in [4.69, 9.17) is 11.6 Å². The Balaban J connectivity index is 1.53. The van der Waals surface area contributed by atoms with Crippen molar-refractivity contribution in [1.29, 1.82) is 0 Å². The molecule has 25 heavy (non-hydrogen) atoms. The van der Waals surface area contributed by atoms with E-state index in [0.29, 0.717) is 0 Å². The van der Waals surface area contributed by atoms with Gasteiger partial charge in [0.25, 0.3) is 0 Å². The fourth-order valence-electron chi connectivity index (χ4n) is 2.34. The van der Waals surface area contributed by atoms with Gasteiger partial charge in [-0.25, -0.2) is 4.98 Å². The van der Waals surface area contributed by atoms with Crippen LogP contribution in [0.3, 0.4) is 0 Å². The molecule has 0 aliphatic heterocycles. The molecule has 3 N–H and O–H groups in total. The number of pyridine rings is 1. The number of nitrogens with zero attached hydrogens (tertiary/aromatic N) is 2. The quantitative estimate of drug-likeness (QED) is 0.365. The van der Waals surface area contributed by atoms with Gasteiger partial charge in [-0.3, -0.25) is 4.99 Å². The van der Waals surface area contributed by atoms with Crippen LogP contribution < -0.4 is 16.0 Å². The summed E-state index contributed by atoms with van der Waals surface area (Å²) in [6, 6.07) is 13.8. The van der Waals surface area contributed by atoms with Crippen LogP contribution in [-0.4, -0.2) is 37.6 Å². The molecule has 0 fully saturated rings. The lowest BCUT2D eigenvalue weighted by atomic mass is 10.1. The molecule has 2 aromatic rings. The van der Waals surface area contributed by atoms with Crippen LogP contribution in [0.5, 0.6) is 0 Å². The molecule has 0 saturated heterocycles. The Labute approximate surface area is 154 Å². The number of hydrogen-bond acceptors (Lipinski definition) is 3. The van der Waals surface area contributed by atoms with Crippen molar-refractivity contribution in [1.82, 2.24) is 15.6 Å². The van der Waals surface area contributed by atoms with Gasteiger partial charge in [-0.05, 0) is 49.1 Å². The number of aromatic nitrogens is 1. The highest BCUT2D eigenvalue weighted by atomic mass is 35.5. The molecule has 0 saturated carbocycles. The molecule has 1 aromatic carbocycles. The minimum atomic E-state index is 0.770. The zero-order valence-corrected chi connectivity index (χ0v) is 15.4. The molecule has 0 spiro atoms. The van der Waals surface area contributed by atoms with Crippen molar-refractivity contribution < 1.29 is 0 Å². The van der Waals surface area contributed by atoms with Crippen molar-refractivity contribution in [3.05, 3.63) is 59.2 Å². The standard InChI is InChI=1S/C19H26ClN5/c1-21-19(25-15-11-16-7-9-17(20)10-8-16)24-14-5-4-13-23-18-6-2-3-12-22-18/h2-3,6-10,12H,4-5,11,13-15H2,1H3,(H,22,23)(H2,21,24,25). The number of unbranched alkanes of at least 4 members (excludes halogenated alkanes) is 1. The second-order valence-electron chi connectivity index (χ2n) is 5.65. The predicted molar refractivity (Wildman–Crippen MR) is 106 cm³/mol. The van der Waals surface area contributed by atoms with E-state index < -0.39 is 0 Å². The van der Waals surface area contributed by atoms with Crippen LogP contribution in [0, 0.1) is 0 Å². The average Bonchev–Trinajstić information content (AvgIpc) is 2.65. The molecule has 0 unspecified atom stereocenters. The number of nitrogens with one attached hydrogen (secondary N) is 3. The number of guanidine groups is 1. The maximum atomic E-state index is 5.89. The van der Waals surface area contributed by atoms with E-state index in [-0.39, 0.29) is 0 Å². The number of rotatable bonds is 9. The van der Waals surface area contributed by atoms with Crippen molar-refractivity contribution >= 4 is 23.4 Å². The van der Waals surface area contributed by atoms with Crippen LogP contribution in [0.2, 0.25) is 5.02 Å². The number of anilines is 1. The zero-order chi connectivity index (χ0) is 17.7. The molecule has 0 bridgehead atoms. The van der Waals surface area contributed by atoms with E-state index in [9.17, 15) is 0 Å². The molecule has 5 nitrogen and oxygen atoms in total. The molecule has 1 heterocycles. The van der Waals surface area contributed by atoms with Crippen molar-refractivity contribution in [2.75, 3.05) is 32.0 Å². The van der Waals surface area contributed by atoms with E-state index in [1.807, 2.05) is 30.3 Å². The smallest absolute Gasteiger partial charge is 0.190 e. The molecule has 1 aromatic heterocycles. The summed E-state index contributed by atoms with van der Waals surface area (Å²) in [7, 11) is 1.79. The highest BCUT2D eigenvalue weighted by Crippen LogP contribution is 2.09.